The van der Waals surface area contributed by atoms with Crippen LogP contribution in [-0.4, -0.2) is 62.6 Å². The van der Waals surface area contributed by atoms with Crippen LogP contribution in [0.2, 0.25) is 0 Å². The molecule has 10 heteroatoms. The average molecular weight is 463 g/mol. The first-order valence-corrected chi connectivity index (χ1v) is 12.2. The molecule has 0 bridgehead atoms. The molecule has 1 N–H and O–H groups in total. The normalized spacial score (nSPS) is 14.5. The van der Waals surface area contributed by atoms with Crippen molar-refractivity contribution in [2.45, 2.75) is 31.7 Å². The van der Waals surface area contributed by atoms with E-state index in [4.69, 9.17) is 4.74 Å². The number of pyridine rings is 1. The third kappa shape index (κ3) is 5.76. The number of amides is 1. The van der Waals surface area contributed by atoms with Gasteiger partial charge in [-0.05, 0) is 30.3 Å². The van der Waals surface area contributed by atoms with Crippen molar-refractivity contribution in [1.82, 2.24) is 8.87 Å². The van der Waals surface area contributed by atoms with E-state index in [1.807, 2.05) is 24.3 Å². The maximum absolute atomic E-state index is 12.7. The Balaban J connectivity index is 1.61. The number of carbonyl (C=O) groups is 1. The number of benzene rings is 1. The fourth-order valence-electron chi connectivity index (χ4n) is 3.57. The lowest BCUT2D eigenvalue weighted by molar-refractivity contribution is -0.116. The van der Waals surface area contributed by atoms with Crippen LogP contribution in [0.25, 0.3) is 0 Å². The van der Waals surface area contributed by atoms with Crippen molar-refractivity contribution in [2.24, 2.45) is 0 Å². The molecule has 1 aromatic heterocycles. The van der Waals surface area contributed by atoms with E-state index in [0.29, 0.717) is 32.0 Å². The number of aryl methyl sites for hydroxylation is 1. The van der Waals surface area contributed by atoms with Crippen molar-refractivity contribution in [3.63, 3.8) is 0 Å². The lowest BCUT2D eigenvalue weighted by Crippen LogP contribution is -2.36. The van der Waals surface area contributed by atoms with Gasteiger partial charge in [0.1, 0.15) is 0 Å². The molecule has 0 aliphatic carbocycles. The van der Waals surface area contributed by atoms with E-state index in [9.17, 15) is 18.0 Å². The van der Waals surface area contributed by atoms with Crippen LogP contribution in [0.3, 0.4) is 0 Å². The maximum Gasteiger partial charge on any atom is 0.250 e. The molecule has 0 atom stereocenters. The smallest absolute Gasteiger partial charge is 0.250 e. The zero-order chi connectivity index (χ0) is 23.1. The molecule has 174 valence electrons. The van der Waals surface area contributed by atoms with E-state index in [2.05, 4.69) is 10.2 Å². The summed E-state index contributed by atoms with van der Waals surface area (Å²) in [6.07, 6.45) is 1.35. The number of nitrogens with one attached hydrogen (secondary N) is 1. The van der Waals surface area contributed by atoms with Gasteiger partial charge in [0, 0.05) is 62.8 Å². The summed E-state index contributed by atoms with van der Waals surface area (Å²) in [5.41, 5.74) is 1.38. The summed E-state index contributed by atoms with van der Waals surface area (Å²) in [5, 5.41) is 2.82. The molecule has 9 nitrogen and oxygen atoms in total. The van der Waals surface area contributed by atoms with Gasteiger partial charge in [0.2, 0.25) is 15.9 Å². The first-order chi connectivity index (χ1) is 15.3. The van der Waals surface area contributed by atoms with E-state index >= 15 is 0 Å². The van der Waals surface area contributed by atoms with Crippen LogP contribution in [0, 0.1) is 0 Å². The number of morpholine rings is 1. The third-order valence-electron chi connectivity index (χ3n) is 5.41. The SMILES string of the molecule is CCN(CC)S(=O)(=O)c1ccc(=O)n(CCC(=O)Nc2ccc(N3CCOCC3)cc2)c1. The molecule has 0 saturated carbocycles. The molecule has 0 unspecified atom stereocenters. The number of hydrogen-bond donors (Lipinski definition) is 1. The summed E-state index contributed by atoms with van der Waals surface area (Å²) in [4.78, 5) is 26.8. The van der Waals surface area contributed by atoms with Gasteiger partial charge in [-0.1, -0.05) is 13.8 Å². The Hall–Kier alpha value is -2.69. The monoisotopic (exact) mass is 462 g/mol. The molecule has 2 heterocycles. The summed E-state index contributed by atoms with van der Waals surface area (Å²) in [5.74, 6) is -0.256. The lowest BCUT2D eigenvalue weighted by Gasteiger charge is -2.28. The van der Waals surface area contributed by atoms with Gasteiger partial charge in [-0.2, -0.15) is 4.31 Å². The van der Waals surface area contributed by atoms with Crippen molar-refractivity contribution in [1.29, 1.82) is 0 Å². The number of anilines is 2. The second-order valence-corrected chi connectivity index (χ2v) is 9.37. The summed E-state index contributed by atoms with van der Waals surface area (Å²) in [6.45, 7) is 7.36. The Morgan fingerprint density at radius 3 is 2.34 bits per heavy atom. The number of hydrogen-bond acceptors (Lipinski definition) is 6. The van der Waals surface area contributed by atoms with Crippen LogP contribution < -0.4 is 15.8 Å². The van der Waals surface area contributed by atoms with Gasteiger partial charge in [-0.3, -0.25) is 9.59 Å². The Kier molecular flexibility index (Phi) is 8.05. The molecule has 32 heavy (non-hydrogen) atoms. The highest BCUT2D eigenvalue weighted by atomic mass is 32.2. The molecule has 0 radical (unpaired) electrons. The van der Waals surface area contributed by atoms with Gasteiger partial charge in [-0.15, -0.1) is 0 Å². The molecular weight excluding hydrogens is 432 g/mol. The Morgan fingerprint density at radius 2 is 1.72 bits per heavy atom. The third-order valence-corrected chi connectivity index (χ3v) is 7.44. The molecule has 1 fully saturated rings. The number of nitrogens with zero attached hydrogens (tertiary/aromatic N) is 3. The van der Waals surface area contributed by atoms with Gasteiger partial charge in [0.05, 0.1) is 18.1 Å². The highest BCUT2D eigenvalue weighted by molar-refractivity contribution is 7.89. The fraction of sp³-hybridized carbons (Fsp3) is 0.455. The zero-order valence-corrected chi connectivity index (χ0v) is 19.3. The van der Waals surface area contributed by atoms with Crippen LogP contribution in [0.1, 0.15) is 20.3 Å². The lowest BCUT2D eigenvalue weighted by atomic mass is 10.2. The summed E-state index contributed by atoms with van der Waals surface area (Å²) in [7, 11) is -3.68. The Labute approximate surface area is 188 Å². The molecule has 2 aromatic rings. The second-order valence-electron chi connectivity index (χ2n) is 7.43. The molecule has 0 spiro atoms. The minimum Gasteiger partial charge on any atom is -0.378 e. The van der Waals surface area contributed by atoms with E-state index in [0.717, 1.165) is 18.8 Å². The highest BCUT2D eigenvalue weighted by Crippen LogP contribution is 2.19. The van der Waals surface area contributed by atoms with Gasteiger partial charge in [0.25, 0.3) is 5.56 Å². The zero-order valence-electron chi connectivity index (χ0n) is 18.5. The van der Waals surface area contributed by atoms with Gasteiger partial charge in [-0.25, -0.2) is 8.42 Å². The number of ether oxygens (including phenoxy) is 1. The molecule has 1 amide bonds. The molecular formula is C22H30N4O5S. The first-order valence-electron chi connectivity index (χ1n) is 10.8. The van der Waals surface area contributed by atoms with Crippen molar-refractivity contribution in [3.8, 4) is 0 Å². The Morgan fingerprint density at radius 1 is 1.06 bits per heavy atom. The van der Waals surface area contributed by atoms with Gasteiger partial charge in [0.15, 0.2) is 0 Å². The minimum atomic E-state index is -3.68. The number of carbonyl (C=O) groups excluding carboxylic acids is 1. The van der Waals surface area contributed by atoms with Crippen LogP contribution in [0.15, 0.2) is 52.3 Å². The Bertz CT molecular complexity index is 1070. The van der Waals surface area contributed by atoms with Crippen molar-refractivity contribution in [2.75, 3.05) is 49.6 Å². The van der Waals surface area contributed by atoms with Crippen molar-refractivity contribution < 1.29 is 17.9 Å². The molecule has 1 saturated heterocycles. The van der Waals surface area contributed by atoms with E-state index in [1.54, 1.807) is 13.8 Å². The number of aromatic nitrogens is 1. The summed E-state index contributed by atoms with van der Waals surface area (Å²) >= 11 is 0. The maximum atomic E-state index is 12.7. The van der Waals surface area contributed by atoms with E-state index in [-0.39, 0.29) is 29.3 Å². The van der Waals surface area contributed by atoms with Crippen LogP contribution in [0.4, 0.5) is 11.4 Å². The second kappa shape index (κ2) is 10.8. The van der Waals surface area contributed by atoms with Crippen molar-refractivity contribution >= 4 is 27.3 Å². The largest absolute Gasteiger partial charge is 0.378 e. The topological polar surface area (TPSA) is 101 Å². The van der Waals surface area contributed by atoms with Crippen LogP contribution >= 0.6 is 0 Å². The van der Waals surface area contributed by atoms with Gasteiger partial charge >= 0.3 is 0 Å². The van der Waals surface area contributed by atoms with E-state index in [1.165, 1.54) is 27.2 Å². The van der Waals surface area contributed by atoms with Gasteiger partial charge < -0.3 is 19.5 Å². The average Bonchev–Trinajstić information content (AvgIpc) is 2.80. The van der Waals surface area contributed by atoms with Crippen LogP contribution in [-0.2, 0) is 26.1 Å². The minimum absolute atomic E-state index is 0.0416. The van der Waals surface area contributed by atoms with Crippen molar-refractivity contribution in [3.05, 3.63) is 52.9 Å². The predicted octanol–water partition coefficient (Wildman–Crippen LogP) is 1.74. The summed E-state index contributed by atoms with van der Waals surface area (Å²) < 4.78 is 33.3. The molecule has 1 aliphatic rings. The fourth-order valence-corrected chi connectivity index (χ4v) is 5.05. The molecule has 3 rings (SSSR count). The number of sulfonamides is 1. The highest BCUT2D eigenvalue weighted by Gasteiger charge is 2.22. The standard InChI is InChI=1S/C22H30N4O5S/c1-3-26(4-2)32(29,30)20-9-10-22(28)25(17-20)12-11-21(27)23-18-5-7-19(8-6-18)24-13-15-31-16-14-24/h5-10,17H,3-4,11-16H2,1-2H3,(H,23,27). The van der Waals surface area contributed by atoms with Crippen LogP contribution in [0.5, 0.6) is 0 Å². The quantitative estimate of drug-likeness (QED) is 0.609. The molecule has 1 aliphatic heterocycles. The predicted molar refractivity (Wildman–Crippen MR) is 124 cm³/mol. The molecule has 1 aromatic carbocycles. The summed E-state index contributed by atoms with van der Waals surface area (Å²) in [6, 6.07) is 10.1. The number of rotatable bonds is 9. The van der Waals surface area contributed by atoms with E-state index < -0.39 is 10.0 Å². The first kappa shape index (κ1) is 24.0.